The van der Waals surface area contributed by atoms with Gasteiger partial charge in [0.2, 0.25) is 10.0 Å². The largest absolute Gasteiger partial charge is 0.487 e. The number of hydrogen-bond acceptors (Lipinski definition) is 6. The summed E-state index contributed by atoms with van der Waals surface area (Å²) in [6.45, 7) is 4.67. The van der Waals surface area contributed by atoms with Crippen LogP contribution >= 0.6 is 0 Å². The second-order valence-electron chi connectivity index (χ2n) is 11.3. The Bertz CT molecular complexity index is 1340. The number of likely N-dealkylation sites (N-methyl/N-ethyl adjacent to an activating group) is 1. The number of carboxylic acid groups (broad SMARTS) is 1. The number of carbonyl (C=O) groups is 1. The van der Waals surface area contributed by atoms with Gasteiger partial charge in [0.25, 0.3) is 0 Å². The molecule has 2 N–H and O–H groups in total. The summed E-state index contributed by atoms with van der Waals surface area (Å²) in [5, 5.41) is 19.0. The highest BCUT2D eigenvalue weighted by molar-refractivity contribution is 7.89. The van der Waals surface area contributed by atoms with Gasteiger partial charge in [-0.3, -0.25) is 4.90 Å². The van der Waals surface area contributed by atoms with E-state index in [9.17, 15) is 18.3 Å². The fourth-order valence-corrected chi connectivity index (χ4v) is 7.30. The molecule has 1 aliphatic carbocycles. The third-order valence-corrected chi connectivity index (χ3v) is 9.93. The van der Waals surface area contributed by atoms with Gasteiger partial charge in [-0.05, 0) is 68.6 Å². The van der Waals surface area contributed by atoms with Crippen molar-refractivity contribution in [3.63, 3.8) is 0 Å². The highest BCUT2D eigenvalue weighted by Crippen LogP contribution is 2.34. The van der Waals surface area contributed by atoms with Crippen LogP contribution in [0.2, 0.25) is 0 Å². The van der Waals surface area contributed by atoms with Crippen molar-refractivity contribution in [2.75, 3.05) is 26.7 Å². The molecule has 2 aromatic rings. The van der Waals surface area contributed by atoms with Gasteiger partial charge < -0.3 is 14.9 Å². The molecular formula is C31H40N2O6S. The van der Waals surface area contributed by atoms with Crippen LogP contribution < -0.4 is 4.74 Å². The predicted molar refractivity (Wildman–Crippen MR) is 154 cm³/mol. The predicted octanol–water partition coefficient (Wildman–Crippen LogP) is 4.22. The van der Waals surface area contributed by atoms with E-state index in [0.717, 1.165) is 12.0 Å². The summed E-state index contributed by atoms with van der Waals surface area (Å²) >= 11 is 0. The average Bonchev–Trinajstić information content (AvgIpc) is 3.44. The van der Waals surface area contributed by atoms with Gasteiger partial charge in [-0.2, -0.15) is 4.31 Å². The molecule has 9 heteroatoms. The molecule has 40 heavy (non-hydrogen) atoms. The van der Waals surface area contributed by atoms with Gasteiger partial charge in [0.05, 0.1) is 12.2 Å². The number of benzene rings is 2. The van der Waals surface area contributed by atoms with E-state index >= 15 is 0 Å². The fraction of sp³-hybridized carbons (Fsp3) is 0.516. The number of hydrogen-bond donors (Lipinski definition) is 2. The average molecular weight is 569 g/mol. The lowest BCUT2D eigenvalue weighted by molar-refractivity contribution is 0.0697. The van der Waals surface area contributed by atoms with Crippen LogP contribution in [0.3, 0.4) is 0 Å². The second-order valence-corrected chi connectivity index (χ2v) is 13.1. The van der Waals surface area contributed by atoms with Crippen molar-refractivity contribution < 1.29 is 28.2 Å². The molecule has 0 radical (unpaired) electrons. The van der Waals surface area contributed by atoms with Crippen molar-refractivity contribution in [3.05, 3.63) is 59.2 Å². The summed E-state index contributed by atoms with van der Waals surface area (Å²) in [6.07, 6.45) is 5.47. The van der Waals surface area contributed by atoms with Gasteiger partial charge in [0.15, 0.2) is 0 Å². The lowest BCUT2D eigenvalue weighted by atomic mass is 10.0. The van der Waals surface area contributed by atoms with Gasteiger partial charge >= 0.3 is 5.97 Å². The maximum atomic E-state index is 13.7. The van der Waals surface area contributed by atoms with Crippen LogP contribution in [0.5, 0.6) is 5.75 Å². The maximum Gasteiger partial charge on any atom is 0.335 e. The van der Waals surface area contributed by atoms with E-state index in [1.54, 1.807) is 49.4 Å². The van der Waals surface area contributed by atoms with Gasteiger partial charge in [0.1, 0.15) is 16.7 Å². The Kier molecular flexibility index (Phi) is 9.90. The minimum Gasteiger partial charge on any atom is -0.487 e. The number of nitrogens with zero attached hydrogens (tertiary/aromatic N) is 2. The van der Waals surface area contributed by atoms with Crippen molar-refractivity contribution in [1.82, 2.24) is 9.21 Å². The Hall–Kier alpha value is -2.90. The highest BCUT2D eigenvalue weighted by Gasteiger charge is 2.38. The van der Waals surface area contributed by atoms with Crippen LogP contribution in [0, 0.1) is 23.7 Å². The molecule has 0 bridgehead atoms. The summed E-state index contributed by atoms with van der Waals surface area (Å²) in [7, 11) is -1.96. The van der Waals surface area contributed by atoms with Crippen molar-refractivity contribution in [3.8, 4) is 17.6 Å². The van der Waals surface area contributed by atoms with E-state index in [4.69, 9.17) is 9.84 Å². The normalized spacial score (nSPS) is 21.9. The van der Waals surface area contributed by atoms with E-state index in [2.05, 4.69) is 16.7 Å². The molecule has 1 saturated carbocycles. The molecule has 0 spiro atoms. The van der Waals surface area contributed by atoms with Crippen molar-refractivity contribution in [2.45, 2.75) is 69.5 Å². The minimum atomic E-state index is -3.91. The molecule has 0 aromatic heterocycles. The Morgan fingerprint density at radius 2 is 1.88 bits per heavy atom. The van der Waals surface area contributed by atoms with Gasteiger partial charge in [0, 0.05) is 43.6 Å². The number of aliphatic hydroxyl groups is 1. The van der Waals surface area contributed by atoms with Crippen LogP contribution in [0.4, 0.5) is 0 Å². The summed E-state index contributed by atoms with van der Waals surface area (Å²) < 4.78 is 35.3. The van der Waals surface area contributed by atoms with Crippen molar-refractivity contribution in [2.24, 2.45) is 11.8 Å². The molecule has 216 valence electrons. The molecule has 2 aliphatic rings. The molecule has 1 fully saturated rings. The molecule has 3 atom stereocenters. The maximum absolute atomic E-state index is 13.7. The van der Waals surface area contributed by atoms with E-state index in [1.807, 2.05) is 14.0 Å². The van der Waals surface area contributed by atoms with Gasteiger partial charge in [-0.15, -0.1) is 0 Å². The first-order valence-corrected chi connectivity index (χ1v) is 15.5. The molecule has 0 saturated heterocycles. The molecule has 1 aliphatic heterocycles. The number of aliphatic hydroxyl groups excluding tert-OH is 1. The lowest BCUT2D eigenvalue weighted by Crippen LogP contribution is -2.49. The lowest BCUT2D eigenvalue weighted by Gasteiger charge is -2.37. The monoisotopic (exact) mass is 568 g/mol. The van der Waals surface area contributed by atoms with Crippen molar-refractivity contribution >= 4 is 16.0 Å². The zero-order valence-corrected chi connectivity index (χ0v) is 24.4. The SMILES string of the molecule is C[C@@H]1CN([C@@H](C)CO)S(=O)(=O)c2ccc(C#CCC3CCCC3)cc2O[C@H]1CN(C)Cc1ccc(C(=O)O)cc1. The fourth-order valence-electron chi connectivity index (χ4n) is 5.47. The third-order valence-electron chi connectivity index (χ3n) is 7.91. The van der Waals surface area contributed by atoms with Crippen LogP contribution in [-0.4, -0.2) is 72.7 Å². The van der Waals surface area contributed by atoms with Gasteiger partial charge in [-0.25, -0.2) is 13.2 Å². The quantitative estimate of drug-likeness (QED) is 0.459. The first kappa shape index (κ1) is 30.1. The standard InChI is InChI=1S/C31H40N2O6S/c1-22-18-33(23(2)21-34)40(37,38)30-16-13-25(10-6-9-24-7-4-5-8-24)17-28(30)39-29(22)20-32(3)19-26-11-14-27(15-12-26)31(35)36/h11-17,22-24,29,34H,4-5,7-9,18-21H2,1-3H3,(H,35,36)/t22-,23+,29+/m1/s1. The first-order valence-electron chi connectivity index (χ1n) is 14.0. The van der Waals surface area contributed by atoms with E-state index in [-0.39, 0.29) is 41.4 Å². The number of fused-ring (bicyclic) bond motifs is 1. The molecule has 8 nitrogen and oxygen atoms in total. The summed E-state index contributed by atoms with van der Waals surface area (Å²) in [5.74, 6) is 6.27. The van der Waals surface area contributed by atoms with Crippen LogP contribution in [0.25, 0.3) is 0 Å². The molecule has 2 aromatic carbocycles. The summed E-state index contributed by atoms with van der Waals surface area (Å²) in [5.41, 5.74) is 1.92. The van der Waals surface area contributed by atoms with Gasteiger partial charge in [-0.1, -0.05) is 43.7 Å². The molecular weight excluding hydrogens is 528 g/mol. The third kappa shape index (κ3) is 7.24. The van der Waals surface area contributed by atoms with Crippen LogP contribution in [0.15, 0.2) is 47.4 Å². The van der Waals surface area contributed by atoms with E-state index < -0.39 is 22.0 Å². The number of sulfonamides is 1. The number of ether oxygens (including phenoxy) is 1. The van der Waals surface area contributed by atoms with Crippen molar-refractivity contribution in [1.29, 1.82) is 0 Å². The smallest absolute Gasteiger partial charge is 0.335 e. The van der Waals surface area contributed by atoms with Crippen LogP contribution in [0.1, 0.15) is 67.4 Å². The Morgan fingerprint density at radius 3 is 2.52 bits per heavy atom. The molecule has 0 unspecified atom stereocenters. The highest BCUT2D eigenvalue weighted by atomic mass is 32.2. The molecule has 0 amide bonds. The van der Waals surface area contributed by atoms with E-state index in [1.165, 1.54) is 30.0 Å². The zero-order chi connectivity index (χ0) is 28.9. The Balaban J connectivity index is 1.60. The molecule has 4 rings (SSSR count). The Labute approximate surface area is 238 Å². The van der Waals surface area contributed by atoms with E-state index in [0.29, 0.717) is 24.6 Å². The van der Waals surface area contributed by atoms with Crippen LogP contribution in [-0.2, 0) is 16.6 Å². The summed E-state index contributed by atoms with van der Waals surface area (Å²) in [4.78, 5) is 13.3. The zero-order valence-electron chi connectivity index (χ0n) is 23.5. The second kappa shape index (κ2) is 13.2. The summed E-state index contributed by atoms with van der Waals surface area (Å²) in [6, 6.07) is 11.2. The number of aromatic carboxylic acids is 1. The minimum absolute atomic E-state index is 0.0814. The molecule has 1 heterocycles. The number of carboxylic acids is 1. The topological polar surface area (TPSA) is 107 Å². The first-order chi connectivity index (χ1) is 19.1. The Morgan fingerprint density at radius 1 is 1.18 bits per heavy atom. The number of rotatable bonds is 8.